The standard InChI is InChI=1S/C18H34N2O2/c1-16(2,3)20-12-18(13-20)11-19(7-8-21-18)14-9-15(10-14)22-17(4,5)6/h14-15H,7-13H2,1-6H3. The minimum atomic E-state index is -0.0109. The summed E-state index contributed by atoms with van der Waals surface area (Å²) in [7, 11) is 0. The van der Waals surface area contributed by atoms with Crippen LogP contribution in [0.2, 0.25) is 0 Å². The molecule has 0 aromatic heterocycles. The molecule has 128 valence electrons. The summed E-state index contributed by atoms with van der Waals surface area (Å²) in [6, 6.07) is 0.705. The van der Waals surface area contributed by atoms with Crippen LogP contribution in [0.4, 0.5) is 0 Å². The van der Waals surface area contributed by atoms with E-state index in [1.54, 1.807) is 0 Å². The second kappa shape index (κ2) is 5.44. The number of morpholine rings is 1. The Morgan fingerprint density at radius 2 is 1.64 bits per heavy atom. The molecule has 0 N–H and O–H groups in total. The van der Waals surface area contributed by atoms with Crippen LogP contribution in [0.25, 0.3) is 0 Å². The topological polar surface area (TPSA) is 24.9 Å². The molecule has 1 spiro atoms. The van der Waals surface area contributed by atoms with Crippen molar-refractivity contribution in [2.45, 2.75) is 83.3 Å². The van der Waals surface area contributed by atoms with Crippen molar-refractivity contribution >= 4 is 0 Å². The van der Waals surface area contributed by atoms with Gasteiger partial charge in [0.15, 0.2) is 0 Å². The molecule has 4 heteroatoms. The van der Waals surface area contributed by atoms with Gasteiger partial charge in [-0.3, -0.25) is 9.80 Å². The van der Waals surface area contributed by atoms with E-state index >= 15 is 0 Å². The quantitative estimate of drug-likeness (QED) is 0.782. The lowest BCUT2D eigenvalue weighted by atomic mass is 9.82. The molecule has 0 amide bonds. The molecule has 0 aromatic rings. The summed E-state index contributed by atoms with van der Waals surface area (Å²) < 4.78 is 12.3. The first-order valence-electron chi connectivity index (χ1n) is 8.87. The normalized spacial score (nSPS) is 33.5. The molecule has 2 heterocycles. The van der Waals surface area contributed by atoms with Gasteiger partial charge in [0.25, 0.3) is 0 Å². The van der Waals surface area contributed by atoms with Gasteiger partial charge in [-0.25, -0.2) is 0 Å². The van der Waals surface area contributed by atoms with Gasteiger partial charge in [-0.1, -0.05) is 0 Å². The summed E-state index contributed by atoms with van der Waals surface area (Å²) in [5, 5.41) is 0. The molecule has 22 heavy (non-hydrogen) atoms. The summed E-state index contributed by atoms with van der Waals surface area (Å²) in [4.78, 5) is 5.19. The lowest BCUT2D eigenvalue weighted by Gasteiger charge is -2.59. The van der Waals surface area contributed by atoms with Gasteiger partial charge < -0.3 is 9.47 Å². The Hall–Kier alpha value is -0.160. The minimum absolute atomic E-state index is 0.0109. The van der Waals surface area contributed by atoms with Gasteiger partial charge in [-0.15, -0.1) is 0 Å². The Bertz CT molecular complexity index is 398. The highest BCUT2D eigenvalue weighted by Gasteiger charge is 2.52. The zero-order valence-corrected chi connectivity index (χ0v) is 15.3. The monoisotopic (exact) mass is 310 g/mol. The van der Waals surface area contributed by atoms with E-state index in [2.05, 4.69) is 51.3 Å². The van der Waals surface area contributed by atoms with E-state index in [-0.39, 0.29) is 16.7 Å². The molecule has 0 atom stereocenters. The van der Waals surface area contributed by atoms with Gasteiger partial charge in [0.1, 0.15) is 5.60 Å². The maximum Gasteiger partial charge on any atom is 0.106 e. The first-order chi connectivity index (χ1) is 10.1. The van der Waals surface area contributed by atoms with E-state index in [0.717, 1.165) is 32.8 Å². The summed E-state index contributed by atoms with van der Waals surface area (Å²) in [5.74, 6) is 0. The van der Waals surface area contributed by atoms with Gasteiger partial charge >= 0.3 is 0 Å². The molecule has 1 saturated carbocycles. The van der Waals surface area contributed by atoms with Gasteiger partial charge in [0.2, 0.25) is 0 Å². The third-order valence-electron chi connectivity index (χ3n) is 5.29. The van der Waals surface area contributed by atoms with Crippen molar-refractivity contribution in [2.75, 3.05) is 32.8 Å². The van der Waals surface area contributed by atoms with Crippen molar-refractivity contribution in [1.29, 1.82) is 0 Å². The van der Waals surface area contributed by atoms with Crippen LogP contribution in [-0.2, 0) is 9.47 Å². The van der Waals surface area contributed by atoms with E-state index < -0.39 is 0 Å². The highest BCUT2D eigenvalue weighted by atomic mass is 16.5. The van der Waals surface area contributed by atoms with Gasteiger partial charge in [-0.05, 0) is 54.4 Å². The molecule has 1 aliphatic carbocycles. The Kier molecular flexibility index (Phi) is 4.13. The molecule has 0 radical (unpaired) electrons. The Balaban J connectivity index is 1.47. The molecule has 0 bridgehead atoms. The number of hydrogen-bond acceptors (Lipinski definition) is 4. The summed E-state index contributed by atoms with van der Waals surface area (Å²) in [5.41, 5.74) is 0.351. The molecule has 0 aromatic carbocycles. The van der Waals surface area contributed by atoms with Crippen LogP contribution in [-0.4, -0.2) is 71.5 Å². The summed E-state index contributed by atoms with van der Waals surface area (Å²) in [6.45, 7) is 18.6. The highest BCUT2D eigenvalue weighted by Crippen LogP contribution is 2.38. The second-order valence-electron chi connectivity index (χ2n) is 9.51. The van der Waals surface area contributed by atoms with Gasteiger partial charge in [0, 0.05) is 37.8 Å². The van der Waals surface area contributed by atoms with Crippen LogP contribution in [0, 0.1) is 0 Å². The van der Waals surface area contributed by atoms with Crippen LogP contribution in [0.15, 0.2) is 0 Å². The molecule has 0 unspecified atom stereocenters. The molecule has 2 aliphatic heterocycles. The van der Waals surface area contributed by atoms with Crippen LogP contribution >= 0.6 is 0 Å². The predicted molar refractivity (Wildman–Crippen MR) is 89.2 cm³/mol. The second-order valence-corrected chi connectivity index (χ2v) is 9.51. The SMILES string of the molecule is CC(C)(C)OC1CC(N2CCOC3(C2)CN(C(C)(C)C)C3)C1. The van der Waals surface area contributed by atoms with Crippen molar-refractivity contribution in [3.63, 3.8) is 0 Å². The van der Waals surface area contributed by atoms with Crippen molar-refractivity contribution in [3.8, 4) is 0 Å². The van der Waals surface area contributed by atoms with E-state index in [4.69, 9.17) is 9.47 Å². The third-order valence-corrected chi connectivity index (χ3v) is 5.29. The van der Waals surface area contributed by atoms with Crippen molar-refractivity contribution in [3.05, 3.63) is 0 Å². The Morgan fingerprint density at radius 3 is 2.18 bits per heavy atom. The molecule has 2 saturated heterocycles. The lowest BCUT2D eigenvalue weighted by molar-refractivity contribution is -0.217. The fraction of sp³-hybridized carbons (Fsp3) is 1.00. The fourth-order valence-electron chi connectivity index (χ4n) is 3.93. The van der Waals surface area contributed by atoms with E-state index in [1.165, 1.54) is 12.8 Å². The van der Waals surface area contributed by atoms with Crippen LogP contribution in [0.3, 0.4) is 0 Å². The summed E-state index contributed by atoms with van der Waals surface area (Å²) >= 11 is 0. The van der Waals surface area contributed by atoms with Gasteiger partial charge in [-0.2, -0.15) is 0 Å². The molecule has 3 rings (SSSR count). The van der Waals surface area contributed by atoms with Crippen LogP contribution < -0.4 is 0 Å². The molecular weight excluding hydrogens is 276 g/mol. The molecule has 3 fully saturated rings. The van der Waals surface area contributed by atoms with E-state index in [1.807, 2.05) is 0 Å². The first kappa shape index (κ1) is 16.7. The maximum absolute atomic E-state index is 6.17. The minimum Gasteiger partial charge on any atom is -0.373 e. The maximum atomic E-state index is 6.17. The number of likely N-dealkylation sites (tertiary alicyclic amines) is 1. The smallest absolute Gasteiger partial charge is 0.106 e. The average molecular weight is 310 g/mol. The number of ether oxygens (including phenoxy) is 2. The number of nitrogens with zero attached hydrogens (tertiary/aromatic N) is 2. The lowest BCUT2D eigenvalue weighted by Crippen LogP contribution is -2.74. The van der Waals surface area contributed by atoms with Crippen molar-refractivity contribution in [2.24, 2.45) is 0 Å². The Morgan fingerprint density at radius 1 is 1.00 bits per heavy atom. The third kappa shape index (κ3) is 3.50. The number of rotatable bonds is 2. The van der Waals surface area contributed by atoms with E-state index in [0.29, 0.717) is 12.1 Å². The fourth-order valence-corrected chi connectivity index (χ4v) is 3.93. The van der Waals surface area contributed by atoms with Crippen LogP contribution in [0.5, 0.6) is 0 Å². The largest absolute Gasteiger partial charge is 0.373 e. The molecule has 4 nitrogen and oxygen atoms in total. The molecule has 3 aliphatic rings. The van der Waals surface area contributed by atoms with Gasteiger partial charge in [0.05, 0.1) is 18.3 Å². The first-order valence-corrected chi connectivity index (χ1v) is 8.87. The zero-order valence-electron chi connectivity index (χ0n) is 15.3. The van der Waals surface area contributed by atoms with Crippen LogP contribution in [0.1, 0.15) is 54.4 Å². The molecular formula is C18H34N2O2. The number of hydrogen-bond donors (Lipinski definition) is 0. The van der Waals surface area contributed by atoms with Crippen molar-refractivity contribution < 1.29 is 9.47 Å². The van der Waals surface area contributed by atoms with Crippen molar-refractivity contribution in [1.82, 2.24) is 9.80 Å². The Labute approximate surface area is 136 Å². The predicted octanol–water partition coefficient (Wildman–Crippen LogP) is 2.52. The highest BCUT2D eigenvalue weighted by molar-refractivity contribution is 5.06. The zero-order chi connectivity index (χ0) is 16.2. The average Bonchev–Trinajstić information content (AvgIpc) is 2.28. The summed E-state index contributed by atoms with van der Waals surface area (Å²) in [6.07, 6.45) is 2.84. The van der Waals surface area contributed by atoms with E-state index in [9.17, 15) is 0 Å².